The summed E-state index contributed by atoms with van der Waals surface area (Å²) in [7, 11) is -3.78. The smallest absolute Gasteiger partial charge is 0.242 e. The molecule has 0 bridgehead atoms. The Morgan fingerprint density at radius 2 is 1.82 bits per heavy atom. The minimum absolute atomic E-state index is 0.120. The Balaban J connectivity index is 1.59. The Morgan fingerprint density at radius 3 is 2.43 bits per heavy atom. The summed E-state index contributed by atoms with van der Waals surface area (Å²) in [6, 6.07) is 9.07. The monoisotopic (exact) mass is 404 g/mol. The number of carbonyl (C=O) groups excluding carboxylic acids is 1. The van der Waals surface area contributed by atoms with Crippen LogP contribution in [0.3, 0.4) is 0 Å². The van der Waals surface area contributed by atoms with Crippen molar-refractivity contribution in [1.82, 2.24) is 9.71 Å². The Morgan fingerprint density at radius 1 is 1.14 bits per heavy atom. The number of morpholine rings is 1. The van der Waals surface area contributed by atoms with Crippen molar-refractivity contribution < 1.29 is 17.9 Å². The summed E-state index contributed by atoms with van der Waals surface area (Å²) < 4.78 is 32.5. The summed E-state index contributed by atoms with van der Waals surface area (Å²) in [5.41, 5.74) is 1.46. The molecule has 8 nitrogen and oxygen atoms in total. The second kappa shape index (κ2) is 8.68. The molecule has 150 valence electrons. The zero-order valence-corrected chi connectivity index (χ0v) is 16.7. The lowest BCUT2D eigenvalue weighted by Gasteiger charge is -2.27. The highest BCUT2D eigenvalue weighted by molar-refractivity contribution is 7.89. The van der Waals surface area contributed by atoms with Gasteiger partial charge in [-0.2, -0.15) is 4.72 Å². The fourth-order valence-corrected chi connectivity index (χ4v) is 3.96. The number of anilines is 2. The molecule has 28 heavy (non-hydrogen) atoms. The normalized spacial score (nSPS) is 15.9. The number of hydrogen-bond donors (Lipinski definition) is 2. The highest BCUT2D eigenvalue weighted by Gasteiger charge is 2.22. The number of ether oxygens (including phenoxy) is 1. The Kier molecular flexibility index (Phi) is 6.28. The second-order valence-corrected chi connectivity index (χ2v) is 8.36. The van der Waals surface area contributed by atoms with Crippen molar-refractivity contribution in [3.63, 3.8) is 0 Å². The average molecular weight is 404 g/mol. The fraction of sp³-hybridized carbons (Fsp3) is 0.368. The molecule has 1 aliphatic heterocycles. The van der Waals surface area contributed by atoms with Crippen LogP contribution in [0.2, 0.25) is 0 Å². The number of rotatable bonds is 6. The lowest BCUT2D eigenvalue weighted by atomic mass is 10.2. The SMILES string of the molecule is Cc1ccc(S(=O)(=O)NC(C)C(=O)Nc2ccc(N3CCOCC3)nc2)cc1. The first-order valence-electron chi connectivity index (χ1n) is 9.04. The number of aromatic nitrogens is 1. The minimum atomic E-state index is -3.78. The van der Waals surface area contributed by atoms with Crippen molar-refractivity contribution in [1.29, 1.82) is 0 Å². The molecule has 1 aromatic heterocycles. The molecular weight excluding hydrogens is 380 g/mol. The van der Waals surface area contributed by atoms with Gasteiger partial charge in [0.15, 0.2) is 0 Å². The molecule has 0 spiro atoms. The standard InChI is InChI=1S/C19H24N4O4S/c1-14-3-6-17(7-4-14)28(25,26)22-15(2)19(24)21-16-5-8-18(20-13-16)23-9-11-27-12-10-23/h3-8,13,15,22H,9-12H2,1-2H3,(H,21,24). The van der Waals surface area contributed by atoms with Crippen LogP contribution in [0.4, 0.5) is 11.5 Å². The molecule has 1 atom stereocenters. The van der Waals surface area contributed by atoms with E-state index in [9.17, 15) is 13.2 Å². The van der Waals surface area contributed by atoms with E-state index < -0.39 is 22.0 Å². The molecule has 9 heteroatoms. The van der Waals surface area contributed by atoms with E-state index in [2.05, 4.69) is 19.9 Å². The molecule has 1 aliphatic rings. The number of sulfonamides is 1. The van der Waals surface area contributed by atoms with Gasteiger partial charge in [0.2, 0.25) is 15.9 Å². The summed E-state index contributed by atoms with van der Waals surface area (Å²) in [6.45, 7) is 6.25. The Bertz CT molecular complexity index is 908. The summed E-state index contributed by atoms with van der Waals surface area (Å²) in [6.07, 6.45) is 1.56. The molecule has 3 rings (SSSR count). The zero-order chi connectivity index (χ0) is 20.1. The van der Waals surface area contributed by atoms with Crippen LogP contribution in [-0.4, -0.2) is 51.7 Å². The van der Waals surface area contributed by atoms with Gasteiger partial charge in [-0.25, -0.2) is 13.4 Å². The van der Waals surface area contributed by atoms with E-state index in [0.29, 0.717) is 18.9 Å². The molecule has 1 fully saturated rings. The maximum Gasteiger partial charge on any atom is 0.242 e. The van der Waals surface area contributed by atoms with Gasteiger partial charge in [-0.3, -0.25) is 4.79 Å². The first-order valence-corrected chi connectivity index (χ1v) is 10.5. The van der Waals surface area contributed by atoms with Crippen LogP contribution in [0.1, 0.15) is 12.5 Å². The maximum atomic E-state index is 12.4. The van der Waals surface area contributed by atoms with Gasteiger partial charge in [0, 0.05) is 13.1 Å². The number of pyridine rings is 1. The van der Waals surface area contributed by atoms with E-state index in [1.54, 1.807) is 24.4 Å². The summed E-state index contributed by atoms with van der Waals surface area (Å²) in [4.78, 5) is 19.0. The number of nitrogens with one attached hydrogen (secondary N) is 2. The lowest BCUT2D eigenvalue weighted by molar-refractivity contribution is -0.117. The topological polar surface area (TPSA) is 101 Å². The molecule has 2 aromatic rings. The minimum Gasteiger partial charge on any atom is -0.378 e. The molecule has 0 aliphatic carbocycles. The van der Waals surface area contributed by atoms with Gasteiger partial charge in [-0.1, -0.05) is 17.7 Å². The third-order valence-corrected chi connectivity index (χ3v) is 5.96. The Labute approximate surface area is 165 Å². The second-order valence-electron chi connectivity index (χ2n) is 6.65. The zero-order valence-electron chi connectivity index (χ0n) is 15.9. The van der Waals surface area contributed by atoms with Gasteiger partial charge in [-0.05, 0) is 38.1 Å². The molecule has 1 aromatic carbocycles. The number of amides is 1. The van der Waals surface area contributed by atoms with Gasteiger partial charge in [0.25, 0.3) is 0 Å². The van der Waals surface area contributed by atoms with E-state index >= 15 is 0 Å². The van der Waals surface area contributed by atoms with Crippen molar-refractivity contribution in [2.45, 2.75) is 24.8 Å². The number of carbonyl (C=O) groups is 1. The van der Waals surface area contributed by atoms with Gasteiger partial charge < -0.3 is 15.0 Å². The fourth-order valence-electron chi connectivity index (χ4n) is 2.76. The summed E-state index contributed by atoms with van der Waals surface area (Å²) >= 11 is 0. The van der Waals surface area contributed by atoms with Gasteiger partial charge in [0.1, 0.15) is 5.82 Å². The van der Waals surface area contributed by atoms with Crippen molar-refractivity contribution >= 4 is 27.4 Å². The largest absolute Gasteiger partial charge is 0.378 e. The molecule has 2 N–H and O–H groups in total. The molecule has 0 radical (unpaired) electrons. The van der Waals surface area contributed by atoms with E-state index in [1.165, 1.54) is 19.1 Å². The van der Waals surface area contributed by atoms with Crippen molar-refractivity contribution in [2.75, 3.05) is 36.5 Å². The number of nitrogens with zero attached hydrogens (tertiary/aromatic N) is 2. The van der Waals surface area contributed by atoms with Crippen LogP contribution in [-0.2, 0) is 19.6 Å². The van der Waals surface area contributed by atoms with E-state index in [0.717, 1.165) is 24.5 Å². The van der Waals surface area contributed by atoms with Crippen LogP contribution in [0.5, 0.6) is 0 Å². The number of aryl methyl sites for hydroxylation is 1. The number of hydrogen-bond acceptors (Lipinski definition) is 6. The maximum absolute atomic E-state index is 12.4. The van der Waals surface area contributed by atoms with Crippen LogP contribution < -0.4 is 14.9 Å². The van der Waals surface area contributed by atoms with Gasteiger partial charge in [0.05, 0.1) is 36.0 Å². The van der Waals surface area contributed by atoms with Crippen LogP contribution in [0, 0.1) is 6.92 Å². The predicted octanol–water partition coefficient (Wildman–Crippen LogP) is 1.53. The Hall–Kier alpha value is -2.49. The van der Waals surface area contributed by atoms with Crippen LogP contribution in [0.25, 0.3) is 0 Å². The molecule has 0 saturated carbocycles. The first kappa shape index (κ1) is 20.2. The van der Waals surface area contributed by atoms with E-state index in [1.807, 2.05) is 13.0 Å². The van der Waals surface area contributed by atoms with E-state index in [-0.39, 0.29) is 4.90 Å². The summed E-state index contributed by atoms with van der Waals surface area (Å²) in [5.74, 6) is 0.353. The lowest BCUT2D eigenvalue weighted by Crippen LogP contribution is -2.41. The van der Waals surface area contributed by atoms with Crippen molar-refractivity contribution in [2.24, 2.45) is 0 Å². The van der Waals surface area contributed by atoms with Gasteiger partial charge >= 0.3 is 0 Å². The first-order chi connectivity index (χ1) is 13.3. The van der Waals surface area contributed by atoms with Gasteiger partial charge in [-0.15, -0.1) is 0 Å². The predicted molar refractivity (Wildman–Crippen MR) is 107 cm³/mol. The highest BCUT2D eigenvalue weighted by atomic mass is 32.2. The number of benzene rings is 1. The third kappa shape index (κ3) is 5.06. The quantitative estimate of drug-likeness (QED) is 0.757. The average Bonchev–Trinajstić information content (AvgIpc) is 2.69. The molecule has 2 heterocycles. The molecule has 1 unspecified atom stereocenters. The molecule has 1 amide bonds. The van der Waals surface area contributed by atoms with E-state index in [4.69, 9.17) is 4.74 Å². The van der Waals surface area contributed by atoms with Crippen molar-refractivity contribution in [3.05, 3.63) is 48.2 Å². The highest BCUT2D eigenvalue weighted by Crippen LogP contribution is 2.16. The van der Waals surface area contributed by atoms with Crippen LogP contribution >= 0.6 is 0 Å². The van der Waals surface area contributed by atoms with Crippen molar-refractivity contribution in [3.8, 4) is 0 Å². The molecule has 1 saturated heterocycles. The summed E-state index contributed by atoms with van der Waals surface area (Å²) in [5, 5.41) is 2.68. The van der Waals surface area contributed by atoms with Crippen LogP contribution in [0.15, 0.2) is 47.5 Å². The third-order valence-electron chi connectivity index (χ3n) is 4.41. The molecular formula is C19H24N4O4S.